The molecule has 0 aliphatic heterocycles. The van der Waals surface area contributed by atoms with Crippen molar-refractivity contribution in [1.82, 2.24) is 15.2 Å². The lowest BCUT2D eigenvalue weighted by atomic mass is 10.0. The Kier molecular flexibility index (Phi) is 5.91. The summed E-state index contributed by atoms with van der Waals surface area (Å²) in [5, 5.41) is 10.7. The first-order valence-electron chi connectivity index (χ1n) is 8.63. The smallest absolute Gasteiger partial charge is 0.210 e. The summed E-state index contributed by atoms with van der Waals surface area (Å²) >= 11 is 14.0. The average molecular weight is 424 g/mol. The third-order valence-electron chi connectivity index (χ3n) is 4.17. The van der Waals surface area contributed by atoms with Crippen molar-refractivity contribution in [3.05, 3.63) is 94.5 Å². The van der Waals surface area contributed by atoms with Gasteiger partial charge in [-0.25, -0.2) is 4.98 Å². The Morgan fingerprint density at radius 2 is 1.21 bits per heavy atom. The van der Waals surface area contributed by atoms with E-state index in [1.54, 1.807) is 0 Å². The molecule has 0 aliphatic carbocycles. The molecule has 3 aromatic carbocycles. The van der Waals surface area contributed by atoms with Gasteiger partial charge in [0, 0.05) is 26.9 Å². The van der Waals surface area contributed by atoms with Gasteiger partial charge in [-0.3, -0.25) is 0 Å². The number of thioether (sulfide) groups is 1. The lowest BCUT2D eigenvalue weighted by Gasteiger charge is -2.10. The van der Waals surface area contributed by atoms with Gasteiger partial charge < -0.3 is 0 Å². The SMILES string of the molecule is Clc1cccc(Cl)c1CSc1nnc(-c2ccccc2)c(-c2ccccc2)n1. The molecule has 0 saturated carbocycles. The summed E-state index contributed by atoms with van der Waals surface area (Å²) < 4.78 is 0. The minimum atomic E-state index is 0.569. The van der Waals surface area contributed by atoms with E-state index in [0.717, 1.165) is 28.1 Å². The summed E-state index contributed by atoms with van der Waals surface area (Å²) in [5.41, 5.74) is 4.40. The molecule has 0 radical (unpaired) electrons. The molecule has 0 atom stereocenters. The van der Waals surface area contributed by atoms with E-state index in [1.165, 1.54) is 11.8 Å². The number of rotatable bonds is 5. The molecule has 1 aromatic heterocycles. The zero-order valence-electron chi connectivity index (χ0n) is 14.7. The van der Waals surface area contributed by atoms with Crippen LogP contribution in [0.5, 0.6) is 0 Å². The van der Waals surface area contributed by atoms with E-state index in [1.807, 2.05) is 78.9 Å². The molecule has 3 nitrogen and oxygen atoms in total. The van der Waals surface area contributed by atoms with Gasteiger partial charge in [0.2, 0.25) is 5.16 Å². The molecule has 0 aliphatic rings. The molecule has 1 heterocycles. The monoisotopic (exact) mass is 423 g/mol. The van der Waals surface area contributed by atoms with Crippen molar-refractivity contribution >= 4 is 35.0 Å². The molecule has 0 bridgehead atoms. The highest BCUT2D eigenvalue weighted by Crippen LogP contribution is 2.33. The van der Waals surface area contributed by atoms with Gasteiger partial charge >= 0.3 is 0 Å². The Bertz CT molecular complexity index is 1070. The second-order valence-electron chi connectivity index (χ2n) is 6.01. The summed E-state index contributed by atoms with van der Waals surface area (Å²) in [4.78, 5) is 4.80. The number of benzene rings is 3. The van der Waals surface area contributed by atoms with Gasteiger partial charge in [-0.05, 0) is 17.7 Å². The van der Waals surface area contributed by atoms with Crippen molar-refractivity contribution in [1.29, 1.82) is 0 Å². The van der Waals surface area contributed by atoms with Crippen molar-refractivity contribution < 1.29 is 0 Å². The lowest BCUT2D eigenvalue weighted by Crippen LogP contribution is -1.99. The van der Waals surface area contributed by atoms with Crippen molar-refractivity contribution in [3.8, 4) is 22.5 Å². The number of nitrogens with zero attached hydrogens (tertiary/aromatic N) is 3. The normalized spacial score (nSPS) is 10.8. The van der Waals surface area contributed by atoms with Crippen LogP contribution in [0, 0.1) is 0 Å². The van der Waals surface area contributed by atoms with Crippen LogP contribution in [0.4, 0.5) is 0 Å². The van der Waals surface area contributed by atoms with Crippen LogP contribution in [0.25, 0.3) is 22.5 Å². The predicted octanol–water partition coefficient (Wildman–Crippen LogP) is 6.80. The average Bonchev–Trinajstić information content (AvgIpc) is 2.74. The van der Waals surface area contributed by atoms with Crippen LogP contribution in [0.15, 0.2) is 84.0 Å². The Labute approximate surface area is 177 Å². The van der Waals surface area contributed by atoms with Gasteiger partial charge in [0.15, 0.2) is 0 Å². The third-order valence-corrected chi connectivity index (χ3v) is 5.74. The Morgan fingerprint density at radius 1 is 0.643 bits per heavy atom. The second kappa shape index (κ2) is 8.74. The first-order chi connectivity index (χ1) is 13.7. The molecular weight excluding hydrogens is 409 g/mol. The first kappa shape index (κ1) is 18.9. The van der Waals surface area contributed by atoms with Gasteiger partial charge in [0.1, 0.15) is 11.4 Å². The summed E-state index contributed by atoms with van der Waals surface area (Å²) in [6.07, 6.45) is 0. The summed E-state index contributed by atoms with van der Waals surface area (Å²) in [5.74, 6) is 0.569. The fourth-order valence-electron chi connectivity index (χ4n) is 2.77. The van der Waals surface area contributed by atoms with Crippen LogP contribution in [0.2, 0.25) is 10.0 Å². The lowest BCUT2D eigenvalue weighted by molar-refractivity contribution is 0.850. The fourth-order valence-corrected chi connectivity index (χ4v) is 4.30. The Hall–Kier alpha value is -2.40. The fraction of sp³-hybridized carbons (Fsp3) is 0.0455. The highest BCUT2D eigenvalue weighted by Gasteiger charge is 2.14. The van der Waals surface area contributed by atoms with Gasteiger partial charge in [-0.15, -0.1) is 10.2 Å². The van der Waals surface area contributed by atoms with Crippen LogP contribution in [-0.4, -0.2) is 15.2 Å². The quantitative estimate of drug-likeness (QED) is 0.330. The van der Waals surface area contributed by atoms with Crippen molar-refractivity contribution in [2.24, 2.45) is 0 Å². The van der Waals surface area contributed by atoms with E-state index in [-0.39, 0.29) is 0 Å². The molecule has 0 amide bonds. The maximum absolute atomic E-state index is 6.27. The third kappa shape index (κ3) is 4.20. The first-order valence-corrected chi connectivity index (χ1v) is 10.4. The molecule has 0 N–H and O–H groups in total. The Morgan fingerprint density at radius 3 is 1.82 bits per heavy atom. The molecule has 0 unspecified atom stereocenters. The van der Waals surface area contributed by atoms with E-state index in [9.17, 15) is 0 Å². The van der Waals surface area contributed by atoms with Gasteiger partial charge in [0.25, 0.3) is 0 Å². The van der Waals surface area contributed by atoms with Crippen LogP contribution in [-0.2, 0) is 5.75 Å². The number of halogens is 2. The van der Waals surface area contributed by atoms with Crippen LogP contribution < -0.4 is 0 Å². The number of hydrogen-bond acceptors (Lipinski definition) is 4. The van der Waals surface area contributed by atoms with E-state index in [0.29, 0.717) is 21.0 Å². The maximum Gasteiger partial charge on any atom is 0.210 e. The van der Waals surface area contributed by atoms with Crippen LogP contribution in [0.3, 0.4) is 0 Å². The maximum atomic E-state index is 6.27. The molecule has 0 spiro atoms. The zero-order valence-corrected chi connectivity index (χ0v) is 17.0. The molecule has 0 saturated heterocycles. The summed E-state index contributed by atoms with van der Waals surface area (Å²) in [7, 11) is 0. The van der Waals surface area contributed by atoms with Gasteiger partial charge in [-0.1, -0.05) is 102 Å². The van der Waals surface area contributed by atoms with Crippen molar-refractivity contribution in [2.75, 3.05) is 0 Å². The molecule has 4 aromatic rings. The van der Waals surface area contributed by atoms with Crippen LogP contribution in [0.1, 0.15) is 5.56 Å². The highest BCUT2D eigenvalue weighted by molar-refractivity contribution is 7.98. The van der Waals surface area contributed by atoms with E-state index in [2.05, 4.69) is 10.2 Å². The molecule has 28 heavy (non-hydrogen) atoms. The van der Waals surface area contributed by atoms with Crippen LogP contribution >= 0.6 is 35.0 Å². The van der Waals surface area contributed by atoms with Gasteiger partial charge in [0.05, 0.1) is 0 Å². The van der Waals surface area contributed by atoms with Crippen molar-refractivity contribution in [2.45, 2.75) is 10.9 Å². The Balaban J connectivity index is 1.70. The molecule has 0 fully saturated rings. The molecule has 138 valence electrons. The topological polar surface area (TPSA) is 38.7 Å². The van der Waals surface area contributed by atoms with E-state index in [4.69, 9.17) is 28.2 Å². The minimum Gasteiger partial charge on any atom is -0.219 e. The van der Waals surface area contributed by atoms with Crippen molar-refractivity contribution in [3.63, 3.8) is 0 Å². The minimum absolute atomic E-state index is 0.569. The number of hydrogen-bond donors (Lipinski definition) is 0. The highest BCUT2D eigenvalue weighted by atomic mass is 35.5. The molecular formula is C22H15Cl2N3S. The summed E-state index contributed by atoms with van der Waals surface area (Å²) in [6, 6.07) is 25.5. The van der Waals surface area contributed by atoms with E-state index >= 15 is 0 Å². The molecule has 4 rings (SSSR count). The standard InChI is InChI=1S/C22H15Cl2N3S/c23-18-12-7-13-19(24)17(18)14-28-22-25-20(15-8-3-1-4-9-15)21(26-27-22)16-10-5-2-6-11-16/h1-13H,14H2. The largest absolute Gasteiger partial charge is 0.219 e. The second-order valence-corrected chi connectivity index (χ2v) is 7.77. The zero-order chi connectivity index (χ0) is 19.3. The predicted molar refractivity (Wildman–Crippen MR) is 117 cm³/mol. The summed E-state index contributed by atoms with van der Waals surface area (Å²) in [6.45, 7) is 0. The van der Waals surface area contributed by atoms with Gasteiger partial charge in [-0.2, -0.15) is 0 Å². The number of aromatic nitrogens is 3. The molecule has 6 heteroatoms. The van der Waals surface area contributed by atoms with E-state index < -0.39 is 0 Å².